The molecule has 3 N–H and O–H groups in total. The lowest BCUT2D eigenvalue weighted by molar-refractivity contribution is -0.385. The first kappa shape index (κ1) is 12.5. The minimum Gasteiger partial charge on any atom is -0.396 e. The van der Waals surface area contributed by atoms with Crippen LogP contribution in [-0.2, 0) is 5.54 Å². The molecule has 0 fully saturated rings. The van der Waals surface area contributed by atoms with Gasteiger partial charge in [0.05, 0.1) is 4.92 Å². The number of halogens is 1. The third-order valence-corrected chi connectivity index (χ3v) is 2.41. The number of nitrogens with zero attached hydrogens (tertiary/aromatic N) is 1. The molecule has 0 radical (unpaired) electrons. The summed E-state index contributed by atoms with van der Waals surface area (Å²) in [5, 5.41) is 19.3. The number of benzene rings is 1. The Balaban J connectivity index is 3.21. The van der Waals surface area contributed by atoms with Crippen molar-refractivity contribution >= 4 is 5.69 Å². The number of nitro benzene ring substituents is 1. The van der Waals surface area contributed by atoms with Gasteiger partial charge in [0.1, 0.15) is 5.82 Å². The highest BCUT2D eigenvalue weighted by Crippen LogP contribution is 2.27. The van der Waals surface area contributed by atoms with Gasteiger partial charge in [0.15, 0.2) is 0 Å². The van der Waals surface area contributed by atoms with Crippen LogP contribution in [0.3, 0.4) is 0 Å². The van der Waals surface area contributed by atoms with Gasteiger partial charge in [-0.2, -0.15) is 0 Å². The summed E-state index contributed by atoms with van der Waals surface area (Å²) in [5.74, 6) is -0.607. The van der Waals surface area contributed by atoms with Crippen LogP contribution in [0.4, 0.5) is 10.1 Å². The lowest BCUT2D eigenvalue weighted by Gasteiger charge is -2.24. The van der Waals surface area contributed by atoms with Gasteiger partial charge in [-0.3, -0.25) is 10.1 Å². The van der Waals surface area contributed by atoms with Crippen LogP contribution in [0.5, 0.6) is 0 Å². The molecule has 1 aromatic rings. The summed E-state index contributed by atoms with van der Waals surface area (Å²) < 4.78 is 13.5. The summed E-state index contributed by atoms with van der Waals surface area (Å²) in [5.41, 5.74) is 4.50. The quantitative estimate of drug-likeness (QED) is 0.600. The van der Waals surface area contributed by atoms with Crippen LogP contribution >= 0.6 is 0 Å². The molecule has 16 heavy (non-hydrogen) atoms. The van der Waals surface area contributed by atoms with Crippen molar-refractivity contribution in [2.45, 2.75) is 18.9 Å². The Bertz CT molecular complexity index is 407. The molecule has 1 unspecified atom stereocenters. The van der Waals surface area contributed by atoms with E-state index in [1.54, 1.807) is 0 Å². The van der Waals surface area contributed by atoms with E-state index in [4.69, 9.17) is 10.8 Å². The second-order valence-electron chi connectivity index (χ2n) is 3.81. The highest BCUT2D eigenvalue weighted by atomic mass is 19.1. The fourth-order valence-electron chi connectivity index (χ4n) is 1.43. The SMILES string of the molecule is CC(N)(CCO)c1cc([N+](=O)[O-])ccc1F. The third kappa shape index (κ3) is 2.53. The molecule has 0 aliphatic heterocycles. The van der Waals surface area contributed by atoms with Crippen LogP contribution in [0.1, 0.15) is 18.9 Å². The van der Waals surface area contributed by atoms with Gasteiger partial charge >= 0.3 is 0 Å². The lowest BCUT2D eigenvalue weighted by Crippen LogP contribution is -2.35. The van der Waals surface area contributed by atoms with E-state index in [9.17, 15) is 14.5 Å². The Morgan fingerprint density at radius 1 is 1.62 bits per heavy atom. The van der Waals surface area contributed by atoms with Crippen molar-refractivity contribution in [2.24, 2.45) is 5.73 Å². The molecule has 88 valence electrons. The van der Waals surface area contributed by atoms with E-state index in [-0.39, 0.29) is 24.3 Å². The molecule has 0 bridgehead atoms. The molecule has 0 aliphatic carbocycles. The zero-order chi connectivity index (χ0) is 12.3. The second-order valence-corrected chi connectivity index (χ2v) is 3.81. The largest absolute Gasteiger partial charge is 0.396 e. The number of aliphatic hydroxyl groups is 1. The smallest absolute Gasteiger partial charge is 0.269 e. The molecule has 5 nitrogen and oxygen atoms in total. The van der Waals surface area contributed by atoms with Gasteiger partial charge in [-0.15, -0.1) is 0 Å². The van der Waals surface area contributed by atoms with E-state index in [1.165, 1.54) is 6.92 Å². The monoisotopic (exact) mass is 228 g/mol. The molecule has 0 amide bonds. The summed E-state index contributed by atoms with van der Waals surface area (Å²) >= 11 is 0. The van der Waals surface area contributed by atoms with Gasteiger partial charge in [-0.25, -0.2) is 4.39 Å². The maximum absolute atomic E-state index is 13.5. The third-order valence-electron chi connectivity index (χ3n) is 2.41. The summed E-state index contributed by atoms with van der Waals surface area (Å²) in [6.07, 6.45) is 0.130. The molecule has 1 aromatic carbocycles. The van der Waals surface area contributed by atoms with Crippen molar-refractivity contribution in [3.63, 3.8) is 0 Å². The van der Waals surface area contributed by atoms with Gasteiger partial charge in [-0.1, -0.05) is 0 Å². The number of aliphatic hydroxyl groups excluding tert-OH is 1. The maximum atomic E-state index is 13.5. The minimum absolute atomic E-state index is 0.0377. The highest BCUT2D eigenvalue weighted by Gasteiger charge is 2.26. The molecule has 0 aromatic heterocycles. The van der Waals surface area contributed by atoms with Gasteiger partial charge in [-0.05, 0) is 19.4 Å². The van der Waals surface area contributed by atoms with Crippen molar-refractivity contribution in [1.29, 1.82) is 0 Å². The average Bonchev–Trinajstić information content (AvgIpc) is 2.17. The topological polar surface area (TPSA) is 89.4 Å². The van der Waals surface area contributed by atoms with Crippen LogP contribution in [0.2, 0.25) is 0 Å². The van der Waals surface area contributed by atoms with E-state index in [0.717, 1.165) is 18.2 Å². The van der Waals surface area contributed by atoms with Gasteiger partial charge in [0, 0.05) is 29.8 Å². The standard InChI is InChI=1S/C10H13FN2O3/c1-10(12,4-5-14)8-6-7(13(15)16)2-3-9(8)11/h2-3,6,14H,4-5,12H2,1H3. The number of rotatable bonds is 4. The van der Waals surface area contributed by atoms with E-state index in [0.29, 0.717) is 0 Å². The fraction of sp³-hybridized carbons (Fsp3) is 0.400. The molecule has 0 saturated heterocycles. The molecule has 1 atom stereocenters. The Morgan fingerprint density at radius 2 is 2.25 bits per heavy atom. The van der Waals surface area contributed by atoms with E-state index >= 15 is 0 Å². The maximum Gasteiger partial charge on any atom is 0.269 e. The summed E-state index contributed by atoms with van der Waals surface area (Å²) in [7, 11) is 0. The van der Waals surface area contributed by atoms with Crippen molar-refractivity contribution < 1.29 is 14.4 Å². The average molecular weight is 228 g/mol. The zero-order valence-corrected chi connectivity index (χ0v) is 8.81. The first-order valence-electron chi connectivity index (χ1n) is 4.72. The predicted octanol–water partition coefficient (Wildman–Crippen LogP) is 1.29. The predicted molar refractivity (Wildman–Crippen MR) is 56.3 cm³/mol. The Labute approximate surface area is 91.8 Å². The van der Waals surface area contributed by atoms with Gasteiger partial charge in [0.2, 0.25) is 0 Å². The number of nitrogens with two attached hydrogens (primary N) is 1. The van der Waals surface area contributed by atoms with Crippen molar-refractivity contribution in [3.05, 3.63) is 39.7 Å². The molecule has 0 heterocycles. The fourth-order valence-corrected chi connectivity index (χ4v) is 1.43. The molecular weight excluding hydrogens is 215 g/mol. The van der Waals surface area contributed by atoms with Crippen LogP contribution in [0.15, 0.2) is 18.2 Å². The normalized spacial score (nSPS) is 14.5. The summed E-state index contributed by atoms with van der Waals surface area (Å²) in [4.78, 5) is 9.93. The number of nitro groups is 1. The number of hydrogen-bond donors (Lipinski definition) is 2. The van der Waals surface area contributed by atoms with E-state index < -0.39 is 16.3 Å². The minimum atomic E-state index is -1.12. The second kappa shape index (κ2) is 4.54. The first-order valence-corrected chi connectivity index (χ1v) is 4.72. The van der Waals surface area contributed by atoms with Gasteiger partial charge < -0.3 is 10.8 Å². The molecule has 0 aliphatic rings. The molecular formula is C10H13FN2O3. The lowest BCUT2D eigenvalue weighted by atomic mass is 9.89. The first-order chi connectivity index (χ1) is 7.38. The van der Waals surface area contributed by atoms with E-state index in [2.05, 4.69) is 0 Å². The van der Waals surface area contributed by atoms with Crippen molar-refractivity contribution in [1.82, 2.24) is 0 Å². The summed E-state index contributed by atoms with van der Waals surface area (Å²) in [6.45, 7) is 1.31. The van der Waals surface area contributed by atoms with Crippen LogP contribution in [-0.4, -0.2) is 16.6 Å². The van der Waals surface area contributed by atoms with Crippen LogP contribution in [0.25, 0.3) is 0 Å². The van der Waals surface area contributed by atoms with Crippen LogP contribution in [0, 0.1) is 15.9 Å². The van der Waals surface area contributed by atoms with Crippen molar-refractivity contribution in [3.8, 4) is 0 Å². The zero-order valence-electron chi connectivity index (χ0n) is 8.81. The molecule has 6 heteroatoms. The Morgan fingerprint density at radius 3 is 2.75 bits per heavy atom. The van der Waals surface area contributed by atoms with Gasteiger partial charge in [0.25, 0.3) is 5.69 Å². The Kier molecular flexibility index (Phi) is 3.56. The number of non-ortho nitro benzene ring substituents is 1. The molecule has 0 spiro atoms. The summed E-state index contributed by atoms with van der Waals surface area (Å²) in [6, 6.07) is 3.19. The Hall–Kier alpha value is -1.53. The highest BCUT2D eigenvalue weighted by molar-refractivity contribution is 5.38. The van der Waals surface area contributed by atoms with E-state index in [1.807, 2.05) is 0 Å². The molecule has 1 rings (SSSR count). The van der Waals surface area contributed by atoms with Crippen LogP contribution < -0.4 is 5.73 Å². The molecule has 0 saturated carbocycles. The number of hydrogen-bond acceptors (Lipinski definition) is 4. The van der Waals surface area contributed by atoms with Crippen molar-refractivity contribution in [2.75, 3.05) is 6.61 Å².